The summed E-state index contributed by atoms with van der Waals surface area (Å²) >= 11 is 7.43. The van der Waals surface area contributed by atoms with Crippen molar-refractivity contribution >= 4 is 35.0 Å². The van der Waals surface area contributed by atoms with Crippen molar-refractivity contribution in [3.05, 3.63) is 85.3 Å². The molecule has 3 aromatic rings. The molecule has 30 heavy (non-hydrogen) atoms. The Bertz CT molecular complexity index is 1130. The molecule has 1 heterocycles. The minimum Gasteiger partial charge on any atom is -0.325 e. The lowest BCUT2D eigenvalue weighted by atomic mass is 10.0. The molecule has 1 amide bonds. The van der Waals surface area contributed by atoms with E-state index in [2.05, 4.69) is 15.3 Å². The maximum Gasteiger partial charge on any atom is 0.255 e. The number of nitrogens with one attached hydrogen (secondary N) is 2. The number of aromatic nitrogens is 2. The van der Waals surface area contributed by atoms with Gasteiger partial charge in [0.25, 0.3) is 5.56 Å². The molecular formula is C23H24ClN3O2S. The molecule has 0 spiro atoms. The van der Waals surface area contributed by atoms with Crippen molar-refractivity contribution in [2.24, 2.45) is 0 Å². The van der Waals surface area contributed by atoms with Crippen LogP contribution in [-0.2, 0) is 17.0 Å². The lowest BCUT2D eigenvalue weighted by Gasteiger charge is -2.13. The van der Waals surface area contributed by atoms with Crippen LogP contribution in [0.15, 0.2) is 46.3 Å². The van der Waals surface area contributed by atoms with Crippen molar-refractivity contribution < 1.29 is 4.79 Å². The van der Waals surface area contributed by atoms with Gasteiger partial charge in [-0.1, -0.05) is 53.2 Å². The first-order valence-electron chi connectivity index (χ1n) is 9.57. The van der Waals surface area contributed by atoms with Crippen molar-refractivity contribution in [3.8, 4) is 0 Å². The van der Waals surface area contributed by atoms with Gasteiger partial charge in [0.1, 0.15) is 0 Å². The summed E-state index contributed by atoms with van der Waals surface area (Å²) in [6, 6.07) is 11.6. The van der Waals surface area contributed by atoms with Crippen molar-refractivity contribution in [3.63, 3.8) is 0 Å². The molecule has 0 atom stereocenters. The quantitative estimate of drug-likeness (QED) is 0.410. The Balaban J connectivity index is 1.71. The van der Waals surface area contributed by atoms with Crippen LogP contribution >= 0.6 is 23.4 Å². The van der Waals surface area contributed by atoms with Gasteiger partial charge >= 0.3 is 0 Å². The zero-order chi connectivity index (χ0) is 21.8. The Morgan fingerprint density at radius 2 is 1.83 bits per heavy atom. The molecule has 156 valence electrons. The number of rotatable bonds is 6. The number of halogens is 1. The van der Waals surface area contributed by atoms with Gasteiger partial charge in [-0.3, -0.25) is 9.59 Å². The number of anilines is 1. The van der Waals surface area contributed by atoms with Gasteiger partial charge in [-0.15, -0.1) is 0 Å². The molecule has 0 unspecified atom stereocenters. The van der Waals surface area contributed by atoms with Crippen molar-refractivity contribution in [2.75, 3.05) is 5.32 Å². The van der Waals surface area contributed by atoms with E-state index in [0.717, 1.165) is 27.9 Å². The molecule has 0 bridgehead atoms. The highest BCUT2D eigenvalue weighted by Crippen LogP contribution is 2.23. The topological polar surface area (TPSA) is 74.8 Å². The predicted molar refractivity (Wildman–Crippen MR) is 124 cm³/mol. The van der Waals surface area contributed by atoms with Crippen LogP contribution in [0.1, 0.15) is 33.5 Å². The standard InChI is InChI=1S/C23H24ClN3O2S/c1-13-8-14(2)21(15(3)9-13)26-20(28)11-19-16(4)25-23(27-22(19)29)30-12-17-6-5-7-18(24)10-17/h5-10H,11-12H2,1-4H3,(H,26,28)(H,25,27,29). The molecule has 3 rings (SSSR count). The number of aromatic amines is 1. The fraction of sp³-hybridized carbons (Fsp3) is 0.261. The van der Waals surface area contributed by atoms with Crippen molar-refractivity contribution in [2.45, 2.75) is 45.0 Å². The van der Waals surface area contributed by atoms with Crippen LogP contribution in [0.2, 0.25) is 5.02 Å². The third-order valence-corrected chi connectivity index (χ3v) is 5.92. The molecule has 0 aliphatic rings. The second-order valence-electron chi connectivity index (χ2n) is 7.35. The summed E-state index contributed by atoms with van der Waals surface area (Å²) in [7, 11) is 0. The normalized spacial score (nSPS) is 10.8. The van der Waals surface area contributed by atoms with E-state index in [9.17, 15) is 9.59 Å². The Labute approximate surface area is 185 Å². The van der Waals surface area contributed by atoms with Crippen LogP contribution in [-0.4, -0.2) is 15.9 Å². The average molecular weight is 442 g/mol. The summed E-state index contributed by atoms with van der Waals surface area (Å²) in [5.41, 5.74) is 5.62. The smallest absolute Gasteiger partial charge is 0.255 e. The molecule has 0 saturated carbocycles. The van der Waals surface area contributed by atoms with E-state index in [4.69, 9.17) is 11.6 Å². The van der Waals surface area contributed by atoms with Crippen LogP contribution in [0.25, 0.3) is 0 Å². The predicted octanol–water partition coefficient (Wildman–Crippen LogP) is 5.13. The highest BCUT2D eigenvalue weighted by molar-refractivity contribution is 7.98. The number of thioether (sulfide) groups is 1. The Morgan fingerprint density at radius 3 is 2.47 bits per heavy atom. The summed E-state index contributed by atoms with van der Waals surface area (Å²) in [4.78, 5) is 32.4. The molecule has 2 N–H and O–H groups in total. The molecule has 1 aromatic heterocycles. The molecule has 0 fully saturated rings. The fourth-order valence-corrected chi connectivity index (χ4v) is 4.42. The van der Waals surface area contributed by atoms with Gasteiger partial charge in [-0.05, 0) is 56.5 Å². The van der Waals surface area contributed by atoms with E-state index < -0.39 is 0 Å². The Morgan fingerprint density at radius 1 is 1.13 bits per heavy atom. The number of benzene rings is 2. The second-order valence-corrected chi connectivity index (χ2v) is 8.75. The number of aryl methyl sites for hydroxylation is 4. The highest BCUT2D eigenvalue weighted by atomic mass is 35.5. The third kappa shape index (κ3) is 5.52. The molecular weight excluding hydrogens is 418 g/mol. The largest absolute Gasteiger partial charge is 0.325 e. The molecule has 2 aromatic carbocycles. The van der Waals surface area contributed by atoms with Gasteiger partial charge in [0.05, 0.1) is 6.42 Å². The van der Waals surface area contributed by atoms with Gasteiger partial charge < -0.3 is 10.3 Å². The van der Waals surface area contributed by atoms with E-state index in [0.29, 0.717) is 27.2 Å². The van der Waals surface area contributed by atoms with Crippen molar-refractivity contribution in [1.82, 2.24) is 9.97 Å². The highest BCUT2D eigenvalue weighted by Gasteiger charge is 2.15. The zero-order valence-corrected chi connectivity index (χ0v) is 19.0. The van der Waals surface area contributed by atoms with Gasteiger partial charge in [0, 0.05) is 27.7 Å². The summed E-state index contributed by atoms with van der Waals surface area (Å²) in [5, 5.41) is 4.13. The van der Waals surface area contributed by atoms with Crippen LogP contribution in [0.4, 0.5) is 5.69 Å². The van der Waals surface area contributed by atoms with Gasteiger partial charge in [-0.25, -0.2) is 4.98 Å². The van der Waals surface area contributed by atoms with E-state index >= 15 is 0 Å². The summed E-state index contributed by atoms with van der Waals surface area (Å²) in [5.74, 6) is 0.397. The van der Waals surface area contributed by atoms with Crippen molar-refractivity contribution in [1.29, 1.82) is 0 Å². The van der Waals surface area contributed by atoms with Gasteiger partial charge in [0.15, 0.2) is 5.16 Å². The number of carbonyl (C=O) groups excluding carboxylic acids is 1. The van der Waals surface area contributed by atoms with Gasteiger partial charge in [0.2, 0.25) is 5.91 Å². The van der Waals surface area contributed by atoms with E-state index in [1.807, 2.05) is 57.2 Å². The van der Waals surface area contributed by atoms with E-state index in [1.54, 1.807) is 6.92 Å². The molecule has 0 saturated heterocycles. The average Bonchev–Trinajstić information content (AvgIpc) is 2.66. The summed E-state index contributed by atoms with van der Waals surface area (Å²) in [6.07, 6.45) is -0.0276. The lowest BCUT2D eigenvalue weighted by molar-refractivity contribution is -0.115. The first-order valence-corrected chi connectivity index (χ1v) is 10.9. The molecule has 0 radical (unpaired) electrons. The fourth-order valence-electron chi connectivity index (χ4n) is 3.36. The minimum atomic E-state index is -0.288. The number of amides is 1. The number of hydrogen-bond acceptors (Lipinski definition) is 4. The maximum absolute atomic E-state index is 12.6. The Hall–Kier alpha value is -2.57. The van der Waals surface area contributed by atoms with Gasteiger partial charge in [-0.2, -0.15) is 0 Å². The first-order chi connectivity index (χ1) is 14.2. The Kier molecular flexibility index (Phi) is 7.00. The monoisotopic (exact) mass is 441 g/mol. The van der Waals surface area contributed by atoms with Crippen LogP contribution in [0.5, 0.6) is 0 Å². The molecule has 7 heteroatoms. The number of carbonyl (C=O) groups is 1. The number of nitrogens with zero attached hydrogens (tertiary/aromatic N) is 1. The SMILES string of the molecule is Cc1cc(C)c(NC(=O)Cc2c(C)nc(SCc3cccc(Cl)c3)[nH]c2=O)c(C)c1. The summed E-state index contributed by atoms with van der Waals surface area (Å²) < 4.78 is 0. The zero-order valence-electron chi connectivity index (χ0n) is 17.4. The summed E-state index contributed by atoms with van der Waals surface area (Å²) in [6.45, 7) is 7.69. The second kappa shape index (κ2) is 9.49. The number of hydrogen-bond donors (Lipinski definition) is 2. The lowest BCUT2D eigenvalue weighted by Crippen LogP contribution is -2.24. The van der Waals surface area contributed by atoms with Crippen LogP contribution < -0.4 is 10.9 Å². The van der Waals surface area contributed by atoms with E-state index in [1.165, 1.54) is 11.8 Å². The first kappa shape index (κ1) is 22.1. The number of H-pyrrole nitrogens is 1. The third-order valence-electron chi connectivity index (χ3n) is 4.74. The van der Waals surface area contributed by atoms with Crippen LogP contribution in [0, 0.1) is 27.7 Å². The maximum atomic E-state index is 12.6. The molecule has 0 aliphatic carbocycles. The van der Waals surface area contributed by atoms with E-state index in [-0.39, 0.29) is 17.9 Å². The van der Waals surface area contributed by atoms with Crippen LogP contribution in [0.3, 0.4) is 0 Å². The molecule has 0 aliphatic heterocycles. The molecule has 5 nitrogen and oxygen atoms in total. The minimum absolute atomic E-state index is 0.0276.